The third kappa shape index (κ3) is 1.57. The molecule has 2 N–H and O–H groups in total. The Labute approximate surface area is 88.7 Å². The van der Waals surface area contributed by atoms with Gasteiger partial charge in [-0.15, -0.1) is 0 Å². The van der Waals surface area contributed by atoms with Gasteiger partial charge in [0.15, 0.2) is 0 Å². The van der Waals surface area contributed by atoms with E-state index in [1.807, 2.05) is 30.3 Å². The molecule has 0 amide bonds. The molecule has 0 saturated heterocycles. The fourth-order valence-corrected chi connectivity index (χ4v) is 1.85. The van der Waals surface area contributed by atoms with Gasteiger partial charge in [-0.3, -0.25) is 0 Å². The van der Waals surface area contributed by atoms with Crippen LogP contribution in [-0.4, -0.2) is 6.04 Å². The van der Waals surface area contributed by atoms with Crippen molar-refractivity contribution < 1.29 is 4.42 Å². The van der Waals surface area contributed by atoms with Gasteiger partial charge in [0, 0.05) is 17.5 Å². The van der Waals surface area contributed by atoms with E-state index < -0.39 is 0 Å². The second-order valence-corrected chi connectivity index (χ2v) is 4.07. The van der Waals surface area contributed by atoms with Crippen molar-refractivity contribution >= 4 is 0 Å². The Balaban J connectivity index is 1.91. The number of rotatable bonds is 2. The van der Waals surface area contributed by atoms with Crippen LogP contribution in [0.15, 0.2) is 46.9 Å². The summed E-state index contributed by atoms with van der Waals surface area (Å²) in [6.45, 7) is 0. The van der Waals surface area contributed by atoms with Crippen molar-refractivity contribution in [2.45, 2.75) is 18.4 Å². The molecule has 0 aliphatic heterocycles. The van der Waals surface area contributed by atoms with E-state index in [1.54, 1.807) is 0 Å². The summed E-state index contributed by atoms with van der Waals surface area (Å²) in [7, 11) is 0. The van der Waals surface area contributed by atoms with Crippen LogP contribution in [0.25, 0.3) is 11.3 Å². The molecular weight excluding hydrogens is 186 g/mol. The Hall–Kier alpha value is -1.54. The van der Waals surface area contributed by atoms with E-state index in [0.717, 1.165) is 23.5 Å². The van der Waals surface area contributed by atoms with Crippen LogP contribution in [0, 0.1) is 0 Å². The molecule has 1 saturated carbocycles. The van der Waals surface area contributed by atoms with Crippen LogP contribution in [0.3, 0.4) is 0 Å². The zero-order valence-electron chi connectivity index (χ0n) is 8.39. The molecule has 1 heterocycles. The van der Waals surface area contributed by atoms with E-state index in [2.05, 4.69) is 12.1 Å². The molecule has 15 heavy (non-hydrogen) atoms. The Morgan fingerprint density at radius 1 is 1.07 bits per heavy atom. The Bertz CT molecular complexity index is 460. The number of benzene rings is 1. The number of furan rings is 1. The lowest BCUT2D eigenvalue weighted by Crippen LogP contribution is -2.00. The van der Waals surface area contributed by atoms with Crippen molar-refractivity contribution in [1.82, 2.24) is 0 Å². The molecule has 1 fully saturated rings. The maximum Gasteiger partial charge on any atom is 0.134 e. The SMILES string of the molecule is N[C@H]1C[C@@H]1c1ccc(-c2ccccc2)o1. The van der Waals surface area contributed by atoms with Crippen LogP contribution in [0.5, 0.6) is 0 Å². The average Bonchev–Trinajstić information content (AvgIpc) is 2.83. The molecule has 1 aliphatic rings. The molecule has 1 aliphatic carbocycles. The zero-order chi connectivity index (χ0) is 10.3. The first-order chi connectivity index (χ1) is 7.34. The molecule has 1 aromatic heterocycles. The van der Waals surface area contributed by atoms with E-state index in [9.17, 15) is 0 Å². The molecule has 76 valence electrons. The average molecular weight is 199 g/mol. The van der Waals surface area contributed by atoms with Crippen LogP contribution in [0.2, 0.25) is 0 Å². The maximum absolute atomic E-state index is 5.79. The van der Waals surface area contributed by atoms with Gasteiger partial charge in [-0.1, -0.05) is 30.3 Å². The monoisotopic (exact) mass is 199 g/mol. The number of nitrogens with two attached hydrogens (primary N) is 1. The van der Waals surface area contributed by atoms with Crippen LogP contribution >= 0.6 is 0 Å². The first-order valence-corrected chi connectivity index (χ1v) is 5.25. The third-order valence-electron chi connectivity index (χ3n) is 2.89. The minimum absolute atomic E-state index is 0.305. The van der Waals surface area contributed by atoms with Crippen molar-refractivity contribution in [3.05, 3.63) is 48.2 Å². The Kier molecular flexibility index (Phi) is 1.89. The lowest BCUT2D eigenvalue weighted by Gasteiger charge is -1.95. The Morgan fingerprint density at radius 2 is 1.80 bits per heavy atom. The van der Waals surface area contributed by atoms with Crippen molar-refractivity contribution in [3.8, 4) is 11.3 Å². The Morgan fingerprint density at radius 3 is 2.47 bits per heavy atom. The molecule has 0 spiro atoms. The second kappa shape index (κ2) is 3.24. The summed E-state index contributed by atoms with van der Waals surface area (Å²) >= 11 is 0. The summed E-state index contributed by atoms with van der Waals surface area (Å²) < 4.78 is 5.78. The van der Waals surface area contributed by atoms with Gasteiger partial charge in [-0.25, -0.2) is 0 Å². The molecule has 2 aromatic rings. The standard InChI is InChI=1S/C13H13NO/c14-11-8-10(11)13-7-6-12(15-13)9-4-2-1-3-5-9/h1-7,10-11H,8,14H2/t10-,11-/m0/s1. The van der Waals surface area contributed by atoms with Gasteiger partial charge in [0.25, 0.3) is 0 Å². The highest BCUT2D eigenvalue weighted by Gasteiger charge is 2.37. The highest BCUT2D eigenvalue weighted by Crippen LogP contribution is 2.40. The molecule has 0 unspecified atom stereocenters. The van der Waals surface area contributed by atoms with Crippen molar-refractivity contribution in [2.75, 3.05) is 0 Å². The fraction of sp³-hybridized carbons (Fsp3) is 0.231. The molecular formula is C13H13NO. The molecule has 3 rings (SSSR count). The minimum Gasteiger partial charge on any atom is -0.461 e. The number of hydrogen-bond acceptors (Lipinski definition) is 2. The van der Waals surface area contributed by atoms with Gasteiger partial charge in [-0.05, 0) is 18.6 Å². The maximum atomic E-state index is 5.79. The quantitative estimate of drug-likeness (QED) is 0.807. The predicted molar refractivity (Wildman–Crippen MR) is 59.5 cm³/mol. The van der Waals surface area contributed by atoms with Gasteiger partial charge in [0.2, 0.25) is 0 Å². The van der Waals surface area contributed by atoms with Crippen LogP contribution < -0.4 is 5.73 Å². The molecule has 2 atom stereocenters. The highest BCUT2D eigenvalue weighted by molar-refractivity contribution is 5.57. The summed E-state index contributed by atoms with van der Waals surface area (Å²) in [5.74, 6) is 2.41. The van der Waals surface area contributed by atoms with Gasteiger partial charge >= 0.3 is 0 Å². The van der Waals surface area contributed by atoms with E-state index in [4.69, 9.17) is 10.2 Å². The topological polar surface area (TPSA) is 39.2 Å². The molecule has 0 radical (unpaired) electrons. The van der Waals surface area contributed by atoms with Crippen molar-refractivity contribution in [1.29, 1.82) is 0 Å². The van der Waals surface area contributed by atoms with E-state index in [0.29, 0.717) is 12.0 Å². The zero-order valence-corrected chi connectivity index (χ0v) is 8.39. The highest BCUT2D eigenvalue weighted by atomic mass is 16.3. The first kappa shape index (κ1) is 8.74. The summed E-state index contributed by atoms with van der Waals surface area (Å²) in [5.41, 5.74) is 6.91. The van der Waals surface area contributed by atoms with Crippen molar-refractivity contribution in [2.24, 2.45) is 5.73 Å². The van der Waals surface area contributed by atoms with Crippen LogP contribution in [-0.2, 0) is 0 Å². The van der Waals surface area contributed by atoms with Gasteiger partial charge in [0.05, 0.1) is 0 Å². The van der Waals surface area contributed by atoms with Crippen LogP contribution in [0.4, 0.5) is 0 Å². The first-order valence-electron chi connectivity index (χ1n) is 5.25. The molecule has 2 heteroatoms. The molecule has 1 aromatic carbocycles. The summed E-state index contributed by atoms with van der Waals surface area (Å²) in [6.07, 6.45) is 1.06. The predicted octanol–water partition coefficient (Wildman–Crippen LogP) is 2.76. The van der Waals surface area contributed by atoms with Crippen LogP contribution in [0.1, 0.15) is 18.1 Å². The summed E-state index contributed by atoms with van der Waals surface area (Å²) in [5, 5.41) is 0. The normalized spacial score (nSPS) is 24.1. The van der Waals surface area contributed by atoms with E-state index in [-0.39, 0.29) is 0 Å². The third-order valence-corrected chi connectivity index (χ3v) is 2.89. The minimum atomic E-state index is 0.305. The smallest absolute Gasteiger partial charge is 0.134 e. The molecule has 2 nitrogen and oxygen atoms in total. The van der Waals surface area contributed by atoms with E-state index in [1.165, 1.54) is 0 Å². The fourth-order valence-electron chi connectivity index (χ4n) is 1.85. The van der Waals surface area contributed by atoms with Gasteiger partial charge < -0.3 is 10.2 Å². The van der Waals surface area contributed by atoms with Gasteiger partial charge in [-0.2, -0.15) is 0 Å². The van der Waals surface area contributed by atoms with Gasteiger partial charge in [0.1, 0.15) is 11.5 Å². The lowest BCUT2D eigenvalue weighted by atomic mass is 10.2. The largest absolute Gasteiger partial charge is 0.461 e. The van der Waals surface area contributed by atoms with E-state index >= 15 is 0 Å². The second-order valence-electron chi connectivity index (χ2n) is 4.07. The number of hydrogen-bond donors (Lipinski definition) is 1. The molecule has 0 bridgehead atoms. The van der Waals surface area contributed by atoms with Crippen molar-refractivity contribution in [3.63, 3.8) is 0 Å². The summed E-state index contributed by atoms with van der Waals surface area (Å²) in [6, 6.07) is 14.5. The lowest BCUT2D eigenvalue weighted by molar-refractivity contribution is 0.522. The summed E-state index contributed by atoms with van der Waals surface area (Å²) in [4.78, 5) is 0.